The summed E-state index contributed by atoms with van der Waals surface area (Å²) in [6, 6.07) is 8.96. The molecule has 3 nitrogen and oxygen atoms in total. The highest BCUT2D eigenvalue weighted by atomic mass is 79.9. The number of rotatable bonds is 2. The third-order valence-corrected chi connectivity index (χ3v) is 3.36. The second-order valence-corrected chi connectivity index (χ2v) is 5.08. The van der Waals surface area contributed by atoms with E-state index in [2.05, 4.69) is 21.2 Å². The first kappa shape index (κ1) is 13.8. The topological polar surface area (TPSA) is 55.1 Å². The molecule has 1 amide bonds. The van der Waals surface area contributed by atoms with Gasteiger partial charge >= 0.3 is 0 Å². The molecular formula is C13H9BrClFN2O. The van der Waals surface area contributed by atoms with Gasteiger partial charge in [0.05, 0.1) is 22.0 Å². The van der Waals surface area contributed by atoms with Crippen molar-refractivity contribution in [2.75, 3.05) is 11.1 Å². The Hall–Kier alpha value is -1.59. The van der Waals surface area contributed by atoms with E-state index < -0.39 is 11.7 Å². The molecule has 0 radical (unpaired) electrons. The minimum Gasteiger partial charge on any atom is -0.398 e. The van der Waals surface area contributed by atoms with Crippen molar-refractivity contribution in [2.45, 2.75) is 0 Å². The highest BCUT2D eigenvalue weighted by Gasteiger charge is 2.14. The number of anilines is 2. The normalized spacial score (nSPS) is 10.3. The SMILES string of the molecule is Nc1cccc(C(=O)Nc2cc(Br)ccc2F)c1Cl. The molecule has 0 aliphatic carbocycles. The number of amides is 1. The van der Waals surface area contributed by atoms with Crippen molar-refractivity contribution in [1.29, 1.82) is 0 Å². The molecule has 6 heteroatoms. The number of nitrogens with two attached hydrogens (primary N) is 1. The maximum absolute atomic E-state index is 13.5. The number of carbonyl (C=O) groups is 1. The Bertz CT molecular complexity index is 649. The van der Waals surface area contributed by atoms with E-state index in [0.29, 0.717) is 10.2 Å². The van der Waals surface area contributed by atoms with E-state index >= 15 is 0 Å². The summed E-state index contributed by atoms with van der Waals surface area (Å²) in [5, 5.41) is 2.60. The molecule has 2 rings (SSSR count). The zero-order valence-electron chi connectivity index (χ0n) is 9.58. The molecule has 19 heavy (non-hydrogen) atoms. The van der Waals surface area contributed by atoms with Crippen molar-refractivity contribution < 1.29 is 9.18 Å². The molecule has 0 saturated carbocycles. The summed E-state index contributed by atoms with van der Waals surface area (Å²) in [5.41, 5.74) is 6.17. The molecule has 2 aromatic rings. The number of halogens is 3. The van der Waals surface area contributed by atoms with Gasteiger partial charge in [-0.2, -0.15) is 0 Å². The third kappa shape index (κ3) is 3.05. The summed E-state index contributed by atoms with van der Waals surface area (Å²) < 4.78 is 14.2. The third-order valence-electron chi connectivity index (χ3n) is 2.45. The Labute approximate surface area is 122 Å². The van der Waals surface area contributed by atoms with E-state index in [9.17, 15) is 9.18 Å². The van der Waals surface area contributed by atoms with Gasteiger partial charge in [0, 0.05) is 4.47 Å². The number of hydrogen-bond donors (Lipinski definition) is 2. The molecule has 0 aromatic heterocycles. The van der Waals surface area contributed by atoms with Crippen LogP contribution in [-0.4, -0.2) is 5.91 Å². The summed E-state index contributed by atoms with van der Waals surface area (Å²) in [6.45, 7) is 0. The molecule has 0 atom stereocenters. The Morgan fingerprint density at radius 3 is 2.79 bits per heavy atom. The van der Waals surface area contributed by atoms with E-state index in [1.54, 1.807) is 18.2 Å². The largest absolute Gasteiger partial charge is 0.398 e. The van der Waals surface area contributed by atoms with Crippen LogP contribution in [0.1, 0.15) is 10.4 Å². The summed E-state index contributed by atoms with van der Waals surface area (Å²) in [7, 11) is 0. The van der Waals surface area contributed by atoms with Crippen molar-refractivity contribution in [3.63, 3.8) is 0 Å². The van der Waals surface area contributed by atoms with E-state index in [-0.39, 0.29) is 16.3 Å². The van der Waals surface area contributed by atoms with Gasteiger partial charge < -0.3 is 11.1 Å². The van der Waals surface area contributed by atoms with Gasteiger partial charge in [-0.3, -0.25) is 4.79 Å². The zero-order valence-corrected chi connectivity index (χ0v) is 11.9. The van der Waals surface area contributed by atoms with E-state index in [4.69, 9.17) is 17.3 Å². The zero-order chi connectivity index (χ0) is 14.0. The summed E-state index contributed by atoms with van der Waals surface area (Å²) in [5.74, 6) is -1.05. The van der Waals surface area contributed by atoms with Crippen molar-refractivity contribution in [2.24, 2.45) is 0 Å². The van der Waals surface area contributed by atoms with Gasteiger partial charge in [0.25, 0.3) is 5.91 Å². The van der Waals surface area contributed by atoms with Crippen LogP contribution in [0, 0.1) is 5.82 Å². The molecule has 3 N–H and O–H groups in total. The Balaban J connectivity index is 2.31. The molecule has 0 bridgehead atoms. The summed E-state index contributed by atoms with van der Waals surface area (Å²) >= 11 is 9.14. The molecule has 0 heterocycles. The first-order valence-electron chi connectivity index (χ1n) is 5.29. The fourth-order valence-corrected chi connectivity index (χ4v) is 2.08. The maximum atomic E-state index is 13.5. The minimum atomic E-state index is -0.531. The first-order valence-corrected chi connectivity index (χ1v) is 6.46. The highest BCUT2D eigenvalue weighted by Crippen LogP contribution is 2.25. The lowest BCUT2D eigenvalue weighted by atomic mass is 10.2. The van der Waals surface area contributed by atoms with Crippen LogP contribution in [0.2, 0.25) is 5.02 Å². The average molecular weight is 344 g/mol. The lowest BCUT2D eigenvalue weighted by molar-refractivity contribution is 0.102. The van der Waals surface area contributed by atoms with Gasteiger partial charge in [-0.1, -0.05) is 33.6 Å². The molecule has 0 unspecified atom stereocenters. The van der Waals surface area contributed by atoms with Crippen LogP contribution in [0.4, 0.5) is 15.8 Å². The van der Waals surface area contributed by atoms with Crippen LogP contribution in [-0.2, 0) is 0 Å². The standard InChI is InChI=1S/C13H9BrClFN2O/c14-7-4-5-9(16)11(6-7)18-13(19)8-2-1-3-10(17)12(8)15/h1-6H,17H2,(H,18,19). The Kier molecular flexibility index (Phi) is 4.07. The van der Waals surface area contributed by atoms with E-state index in [1.807, 2.05) is 0 Å². The van der Waals surface area contributed by atoms with Gasteiger partial charge in [0.15, 0.2) is 0 Å². The fourth-order valence-electron chi connectivity index (χ4n) is 1.51. The van der Waals surface area contributed by atoms with Crippen LogP contribution in [0.15, 0.2) is 40.9 Å². The molecular weight excluding hydrogens is 335 g/mol. The molecule has 0 aliphatic rings. The highest BCUT2D eigenvalue weighted by molar-refractivity contribution is 9.10. The maximum Gasteiger partial charge on any atom is 0.257 e. The summed E-state index contributed by atoms with van der Waals surface area (Å²) in [6.07, 6.45) is 0. The van der Waals surface area contributed by atoms with Crippen LogP contribution < -0.4 is 11.1 Å². The molecule has 0 saturated heterocycles. The van der Waals surface area contributed by atoms with Crippen LogP contribution in [0.3, 0.4) is 0 Å². The quantitative estimate of drug-likeness (QED) is 0.807. The summed E-state index contributed by atoms with van der Waals surface area (Å²) in [4.78, 5) is 12.0. The van der Waals surface area contributed by atoms with Gasteiger partial charge in [-0.05, 0) is 30.3 Å². The van der Waals surface area contributed by atoms with Crippen LogP contribution in [0.5, 0.6) is 0 Å². The number of benzene rings is 2. The smallest absolute Gasteiger partial charge is 0.257 e. The van der Waals surface area contributed by atoms with Gasteiger partial charge in [-0.25, -0.2) is 4.39 Å². The van der Waals surface area contributed by atoms with E-state index in [0.717, 1.165) is 0 Å². The Morgan fingerprint density at radius 1 is 1.32 bits per heavy atom. The molecule has 0 spiro atoms. The van der Waals surface area contributed by atoms with Crippen molar-refractivity contribution in [3.8, 4) is 0 Å². The predicted molar refractivity (Wildman–Crippen MR) is 77.9 cm³/mol. The van der Waals surface area contributed by atoms with Crippen LogP contribution >= 0.6 is 27.5 Å². The van der Waals surface area contributed by atoms with E-state index in [1.165, 1.54) is 18.2 Å². The van der Waals surface area contributed by atoms with Crippen molar-refractivity contribution in [3.05, 3.63) is 57.3 Å². The van der Waals surface area contributed by atoms with Crippen molar-refractivity contribution >= 4 is 44.8 Å². The van der Waals surface area contributed by atoms with Gasteiger partial charge in [0.2, 0.25) is 0 Å². The lowest BCUT2D eigenvalue weighted by Crippen LogP contribution is -2.14. The molecule has 98 valence electrons. The molecule has 2 aromatic carbocycles. The number of carbonyl (C=O) groups excluding carboxylic acids is 1. The van der Waals surface area contributed by atoms with Gasteiger partial charge in [-0.15, -0.1) is 0 Å². The second kappa shape index (κ2) is 5.59. The minimum absolute atomic E-state index is 0.0675. The number of nitrogen functional groups attached to an aromatic ring is 1. The molecule has 0 fully saturated rings. The lowest BCUT2D eigenvalue weighted by Gasteiger charge is -2.09. The van der Waals surface area contributed by atoms with Crippen molar-refractivity contribution in [1.82, 2.24) is 0 Å². The Morgan fingerprint density at radius 2 is 2.05 bits per heavy atom. The monoisotopic (exact) mass is 342 g/mol. The van der Waals surface area contributed by atoms with Crippen LogP contribution in [0.25, 0.3) is 0 Å². The van der Waals surface area contributed by atoms with Gasteiger partial charge in [0.1, 0.15) is 5.82 Å². The first-order chi connectivity index (χ1) is 8.99. The number of hydrogen-bond acceptors (Lipinski definition) is 2. The second-order valence-electron chi connectivity index (χ2n) is 3.79. The molecule has 0 aliphatic heterocycles. The fraction of sp³-hybridized carbons (Fsp3) is 0. The average Bonchev–Trinajstić information content (AvgIpc) is 2.37. The number of nitrogens with one attached hydrogen (secondary N) is 1. The predicted octanol–water partition coefficient (Wildman–Crippen LogP) is 4.08.